The van der Waals surface area contributed by atoms with Crippen LogP contribution in [-0.2, 0) is 21.2 Å². The van der Waals surface area contributed by atoms with E-state index in [9.17, 15) is 13.2 Å². The van der Waals surface area contributed by atoms with Gasteiger partial charge >= 0.3 is 0 Å². The molecule has 1 saturated heterocycles. The van der Waals surface area contributed by atoms with Crippen LogP contribution in [0.2, 0.25) is 5.02 Å². The molecule has 3 heterocycles. The zero-order valence-corrected chi connectivity index (χ0v) is 20.3. The van der Waals surface area contributed by atoms with Crippen molar-refractivity contribution in [3.63, 3.8) is 0 Å². The van der Waals surface area contributed by atoms with Gasteiger partial charge in [0.15, 0.2) is 0 Å². The first-order chi connectivity index (χ1) is 15.8. The highest BCUT2D eigenvalue weighted by Gasteiger charge is 2.38. The third-order valence-electron chi connectivity index (χ3n) is 5.96. The SMILES string of the molecule is Cc1nsc(NS(=O)(=O)c2ccc(N3CC[C@H](N4CCCc5cc(Cl)ccc54)C3=O)cc2)n1. The fraction of sp³-hybridized carbons (Fsp3) is 0.318. The molecule has 1 fully saturated rings. The number of aromatic nitrogens is 2. The molecule has 0 spiro atoms. The van der Waals surface area contributed by atoms with Crippen molar-refractivity contribution >= 4 is 55.6 Å². The van der Waals surface area contributed by atoms with Gasteiger partial charge in [-0.15, -0.1) is 0 Å². The van der Waals surface area contributed by atoms with Crippen LogP contribution >= 0.6 is 23.1 Å². The number of amides is 1. The lowest BCUT2D eigenvalue weighted by molar-refractivity contribution is -0.118. The highest BCUT2D eigenvalue weighted by molar-refractivity contribution is 7.93. The lowest BCUT2D eigenvalue weighted by Gasteiger charge is -2.35. The van der Waals surface area contributed by atoms with Crippen LogP contribution in [0.5, 0.6) is 0 Å². The standard InChI is InChI=1S/C22H22ClN5O3S2/c1-14-24-22(32-25-14)26-33(30,31)18-7-5-17(6-8-18)27-12-10-20(21(27)29)28-11-2-3-15-13-16(23)4-9-19(15)28/h4-9,13,20H,2-3,10-12H2,1H3,(H,24,25,26)/t20-/m0/s1. The second-order valence-electron chi connectivity index (χ2n) is 8.11. The van der Waals surface area contributed by atoms with Crippen LogP contribution in [-0.4, -0.2) is 42.8 Å². The lowest BCUT2D eigenvalue weighted by atomic mass is 9.99. The summed E-state index contributed by atoms with van der Waals surface area (Å²) in [5.41, 5.74) is 2.93. The number of anilines is 3. The van der Waals surface area contributed by atoms with Crippen LogP contribution in [0.15, 0.2) is 47.4 Å². The number of sulfonamides is 1. The number of fused-ring (bicyclic) bond motifs is 1. The summed E-state index contributed by atoms with van der Waals surface area (Å²) in [5.74, 6) is 0.533. The monoisotopic (exact) mass is 503 g/mol. The number of nitrogens with one attached hydrogen (secondary N) is 1. The molecule has 0 aliphatic carbocycles. The Hall–Kier alpha value is -2.69. The molecule has 1 atom stereocenters. The Morgan fingerprint density at radius 1 is 1.15 bits per heavy atom. The third kappa shape index (κ3) is 4.30. The molecule has 0 bridgehead atoms. The molecule has 5 rings (SSSR count). The molecule has 2 aromatic carbocycles. The van der Waals surface area contributed by atoms with Gasteiger partial charge in [-0.1, -0.05) is 11.6 Å². The fourth-order valence-corrected chi connectivity index (χ4v) is 6.44. The van der Waals surface area contributed by atoms with E-state index in [-0.39, 0.29) is 22.0 Å². The molecule has 0 radical (unpaired) electrons. The number of aryl methyl sites for hydroxylation is 2. The normalized spacial score (nSPS) is 18.5. The predicted molar refractivity (Wildman–Crippen MR) is 130 cm³/mol. The predicted octanol–water partition coefficient (Wildman–Crippen LogP) is 3.86. The Balaban J connectivity index is 1.33. The molecular formula is C22H22ClN5O3S2. The maximum atomic E-state index is 13.3. The summed E-state index contributed by atoms with van der Waals surface area (Å²) in [7, 11) is -3.78. The van der Waals surface area contributed by atoms with Crippen LogP contribution in [0.25, 0.3) is 0 Å². The van der Waals surface area contributed by atoms with Gasteiger partial charge < -0.3 is 9.80 Å². The van der Waals surface area contributed by atoms with Crippen LogP contribution < -0.4 is 14.5 Å². The van der Waals surface area contributed by atoms with Gasteiger partial charge in [-0.25, -0.2) is 13.4 Å². The average Bonchev–Trinajstić information content (AvgIpc) is 3.37. The van der Waals surface area contributed by atoms with Gasteiger partial charge in [-0.3, -0.25) is 9.52 Å². The number of rotatable bonds is 5. The van der Waals surface area contributed by atoms with Gasteiger partial charge in [0.2, 0.25) is 11.0 Å². The van der Waals surface area contributed by atoms with Crippen molar-refractivity contribution in [1.29, 1.82) is 0 Å². The molecule has 0 unspecified atom stereocenters. The van der Waals surface area contributed by atoms with E-state index in [2.05, 4.69) is 19.0 Å². The number of carbonyl (C=O) groups excluding carboxylic acids is 1. The number of nitrogens with zero attached hydrogens (tertiary/aromatic N) is 4. The molecule has 0 saturated carbocycles. The summed E-state index contributed by atoms with van der Waals surface area (Å²) in [5, 5.41) is 0.929. The Kier molecular flexibility index (Phi) is 5.75. The van der Waals surface area contributed by atoms with Crippen LogP contribution in [0.1, 0.15) is 24.2 Å². The summed E-state index contributed by atoms with van der Waals surface area (Å²) < 4.78 is 31.7. The van der Waals surface area contributed by atoms with Crippen LogP contribution in [0, 0.1) is 6.92 Å². The van der Waals surface area contributed by atoms with Crippen molar-refractivity contribution < 1.29 is 13.2 Å². The molecule has 8 nitrogen and oxygen atoms in total. The highest BCUT2D eigenvalue weighted by Crippen LogP contribution is 2.35. The van der Waals surface area contributed by atoms with Gasteiger partial charge in [0.05, 0.1) is 4.90 Å². The number of halogens is 1. The second-order valence-corrected chi connectivity index (χ2v) is 11.0. The smallest absolute Gasteiger partial charge is 0.263 e. The Bertz CT molecular complexity index is 1310. The molecule has 1 N–H and O–H groups in total. The van der Waals surface area contributed by atoms with Gasteiger partial charge in [0, 0.05) is 41.0 Å². The van der Waals surface area contributed by atoms with Crippen molar-refractivity contribution in [2.24, 2.45) is 0 Å². The Morgan fingerprint density at radius 3 is 2.67 bits per heavy atom. The summed E-state index contributed by atoms with van der Waals surface area (Å²) >= 11 is 7.15. The van der Waals surface area contributed by atoms with E-state index in [0.717, 1.165) is 36.6 Å². The van der Waals surface area contributed by atoms with E-state index in [1.807, 2.05) is 18.2 Å². The van der Waals surface area contributed by atoms with Crippen molar-refractivity contribution in [2.45, 2.75) is 37.1 Å². The van der Waals surface area contributed by atoms with Crippen molar-refractivity contribution in [3.8, 4) is 0 Å². The third-order valence-corrected chi connectivity index (χ3v) is 8.40. The number of carbonyl (C=O) groups is 1. The zero-order valence-electron chi connectivity index (χ0n) is 17.9. The van der Waals surface area contributed by atoms with E-state index < -0.39 is 10.0 Å². The Labute approximate surface area is 201 Å². The van der Waals surface area contributed by atoms with Gasteiger partial charge in [-0.2, -0.15) is 4.37 Å². The number of hydrogen-bond donors (Lipinski definition) is 1. The topological polar surface area (TPSA) is 95.5 Å². The van der Waals surface area contributed by atoms with Gasteiger partial charge in [-0.05, 0) is 74.2 Å². The lowest BCUT2D eigenvalue weighted by Crippen LogP contribution is -2.44. The minimum Gasteiger partial charge on any atom is -0.359 e. The average molecular weight is 504 g/mol. The molecule has 1 aromatic heterocycles. The molecule has 3 aromatic rings. The van der Waals surface area contributed by atoms with E-state index in [4.69, 9.17) is 11.6 Å². The van der Waals surface area contributed by atoms with E-state index in [1.165, 1.54) is 17.7 Å². The number of hydrogen-bond acceptors (Lipinski definition) is 7. The summed E-state index contributed by atoms with van der Waals surface area (Å²) in [6, 6.07) is 12.0. The molecule has 2 aliphatic heterocycles. The minimum atomic E-state index is -3.78. The largest absolute Gasteiger partial charge is 0.359 e. The van der Waals surface area contributed by atoms with Crippen LogP contribution in [0.3, 0.4) is 0 Å². The molecule has 2 aliphatic rings. The van der Waals surface area contributed by atoms with Gasteiger partial charge in [0.25, 0.3) is 10.0 Å². The zero-order chi connectivity index (χ0) is 23.2. The summed E-state index contributed by atoms with van der Waals surface area (Å²) in [4.78, 5) is 21.4. The van der Waals surface area contributed by atoms with Crippen molar-refractivity contribution in [2.75, 3.05) is 27.6 Å². The number of benzene rings is 2. The molecule has 33 heavy (non-hydrogen) atoms. The molecule has 1 amide bonds. The summed E-state index contributed by atoms with van der Waals surface area (Å²) in [6.07, 6.45) is 2.64. The Morgan fingerprint density at radius 2 is 1.94 bits per heavy atom. The quantitative estimate of drug-likeness (QED) is 0.568. The second kappa shape index (κ2) is 8.58. The van der Waals surface area contributed by atoms with Gasteiger partial charge in [0.1, 0.15) is 11.9 Å². The molecule has 172 valence electrons. The molecule has 11 heteroatoms. The highest BCUT2D eigenvalue weighted by atomic mass is 35.5. The van der Waals surface area contributed by atoms with Crippen LogP contribution in [0.4, 0.5) is 16.5 Å². The first kappa shape index (κ1) is 22.1. The van der Waals surface area contributed by atoms with E-state index >= 15 is 0 Å². The maximum absolute atomic E-state index is 13.3. The van der Waals surface area contributed by atoms with E-state index in [0.29, 0.717) is 29.5 Å². The van der Waals surface area contributed by atoms with Crippen molar-refractivity contribution in [3.05, 3.63) is 58.9 Å². The maximum Gasteiger partial charge on any atom is 0.263 e. The first-order valence-corrected chi connectivity index (χ1v) is 13.2. The summed E-state index contributed by atoms with van der Waals surface area (Å²) in [6.45, 7) is 3.10. The first-order valence-electron chi connectivity index (χ1n) is 10.6. The fourth-order valence-electron chi connectivity index (χ4n) is 4.45. The molecular weight excluding hydrogens is 482 g/mol. The minimum absolute atomic E-state index is 0.0240. The van der Waals surface area contributed by atoms with Crippen molar-refractivity contribution in [1.82, 2.24) is 9.36 Å². The van der Waals surface area contributed by atoms with E-state index in [1.54, 1.807) is 24.0 Å².